The predicted molar refractivity (Wildman–Crippen MR) is 126 cm³/mol. The molecule has 1 saturated carbocycles. The lowest BCUT2D eigenvalue weighted by atomic mass is 9.90. The summed E-state index contributed by atoms with van der Waals surface area (Å²) in [7, 11) is 0. The van der Waals surface area contributed by atoms with Gasteiger partial charge in [0.25, 0.3) is 0 Å². The summed E-state index contributed by atoms with van der Waals surface area (Å²) >= 11 is 6.01. The van der Waals surface area contributed by atoms with Gasteiger partial charge >= 0.3 is 0 Å². The second kappa shape index (κ2) is 9.38. The first-order chi connectivity index (χ1) is 16.1. The normalized spacial score (nSPS) is 21.0. The van der Waals surface area contributed by atoms with E-state index in [1.165, 1.54) is 12.1 Å². The third-order valence-electron chi connectivity index (χ3n) is 6.69. The Morgan fingerprint density at radius 3 is 2.68 bits per heavy atom. The van der Waals surface area contributed by atoms with Crippen LogP contribution in [-0.2, 0) is 9.59 Å². The van der Waals surface area contributed by atoms with Gasteiger partial charge in [0.15, 0.2) is 5.78 Å². The molecule has 1 aliphatic carbocycles. The van der Waals surface area contributed by atoms with Gasteiger partial charge in [-0.25, -0.2) is 4.39 Å². The van der Waals surface area contributed by atoms with Crippen LogP contribution in [0.1, 0.15) is 62.9 Å². The van der Waals surface area contributed by atoms with Gasteiger partial charge in [0, 0.05) is 29.2 Å². The fourth-order valence-electron chi connectivity index (χ4n) is 4.77. The lowest BCUT2D eigenvalue weighted by Crippen LogP contribution is -2.40. The Morgan fingerprint density at radius 1 is 1.32 bits per heavy atom. The highest BCUT2D eigenvalue weighted by Crippen LogP contribution is 2.37. The number of nitrogens with one attached hydrogen (secondary N) is 3. The zero-order valence-electron chi connectivity index (χ0n) is 19.2. The number of nitrogens with zero attached hydrogens (tertiary/aromatic N) is 1. The number of ketones is 1. The van der Waals surface area contributed by atoms with E-state index in [-0.39, 0.29) is 52.6 Å². The number of nitriles is 1. The number of benzene rings is 1. The number of hydrogen-bond donors (Lipinski definition) is 3. The maximum absolute atomic E-state index is 13.8. The molecule has 1 saturated heterocycles. The molecule has 2 aromatic rings. The monoisotopic (exact) mass is 486 g/mol. The summed E-state index contributed by atoms with van der Waals surface area (Å²) in [5.41, 5.74) is 0.270. The Labute approximate surface area is 202 Å². The Hall–Kier alpha value is -2.92. The van der Waals surface area contributed by atoms with E-state index < -0.39 is 17.8 Å². The fraction of sp³-hybridized carbons (Fsp3) is 0.520. The molecule has 2 fully saturated rings. The van der Waals surface area contributed by atoms with Crippen molar-refractivity contribution in [3.8, 4) is 6.07 Å². The predicted octanol–water partition coefficient (Wildman–Crippen LogP) is 4.26. The summed E-state index contributed by atoms with van der Waals surface area (Å²) < 4.78 is 13.8. The molecule has 0 spiro atoms. The van der Waals surface area contributed by atoms with Crippen LogP contribution in [0.3, 0.4) is 0 Å². The molecule has 2 amide bonds. The molecule has 2 heterocycles. The molecular weight excluding hydrogens is 459 g/mol. The zero-order valence-corrected chi connectivity index (χ0v) is 20.0. The first kappa shape index (κ1) is 24.2. The first-order valence-electron chi connectivity index (χ1n) is 11.6. The summed E-state index contributed by atoms with van der Waals surface area (Å²) in [6.07, 6.45) is 3.37. The van der Waals surface area contributed by atoms with Crippen LogP contribution in [0.2, 0.25) is 5.02 Å². The number of aromatic amines is 1. The van der Waals surface area contributed by atoms with Crippen LogP contribution in [0, 0.1) is 34.9 Å². The molecule has 0 radical (unpaired) electrons. The highest BCUT2D eigenvalue weighted by atomic mass is 35.5. The van der Waals surface area contributed by atoms with E-state index in [0.29, 0.717) is 29.7 Å². The Kier molecular flexibility index (Phi) is 6.68. The van der Waals surface area contributed by atoms with Crippen molar-refractivity contribution in [3.63, 3.8) is 0 Å². The van der Waals surface area contributed by atoms with Crippen LogP contribution >= 0.6 is 11.6 Å². The molecule has 0 unspecified atom stereocenters. The third kappa shape index (κ3) is 5.41. The number of carbonyl (C=O) groups excluding carboxylic acids is 3. The van der Waals surface area contributed by atoms with Gasteiger partial charge in [-0.15, -0.1) is 0 Å². The van der Waals surface area contributed by atoms with Gasteiger partial charge in [0.1, 0.15) is 16.9 Å². The maximum atomic E-state index is 13.8. The molecule has 3 atom stereocenters. The van der Waals surface area contributed by atoms with E-state index in [9.17, 15) is 24.0 Å². The van der Waals surface area contributed by atoms with Gasteiger partial charge in [0.05, 0.1) is 17.3 Å². The van der Waals surface area contributed by atoms with Crippen molar-refractivity contribution >= 4 is 40.1 Å². The summed E-state index contributed by atoms with van der Waals surface area (Å²) in [5, 5.41) is 15.8. The van der Waals surface area contributed by atoms with Crippen molar-refractivity contribution in [2.24, 2.45) is 17.8 Å². The van der Waals surface area contributed by atoms with E-state index in [1.54, 1.807) is 6.07 Å². The maximum Gasteiger partial charge on any atom is 0.224 e. The molecule has 0 bridgehead atoms. The number of H-pyrrole nitrogens is 1. The fourth-order valence-corrected chi connectivity index (χ4v) is 4.99. The van der Waals surface area contributed by atoms with Crippen LogP contribution in [0.15, 0.2) is 18.2 Å². The number of halogens is 2. The van der Waals surface area contributed by atoms with Crippen molar-refractivity contribution in [2.45, 2.75) is 64.0 Å². The van der Waals surface area contributed by atoms with Crippen LogP contribution in [-0.4, -0.2) is 34.2 Å². The Bertz CT molecular complexity index is 1180. The second-order valence-electron chi connectivity index (χ2n) is 10.2. The smallest absolute Gasteiger partial charge is 0.224 e. The van der Waals surface area contributed by atoms with Crippen LogP contribution in [0.4, 0.5) is 4.39 Å². The molecule has 3 N–H and O–H groups in total. The van der Waals surface area contributed by atoms with Gasteiger partial charge in [0.2, 0.25) is 11.8 Å². The topological polar surface area (TPSA) is 115 Å². The van der Waals surface area contributed by atoms with Gasteiger partial charge in [-0.1, -0.05) is 24.4 Å². The summed E-state index contributed by atoms with van der Waals surface area (Å²) in [5.74, 6) is -1.88. The summed E-state index contributed by atoms with van der Waals surface area (Å²) in [6.45, 7) is 3.85. The average molecular weight is 487 g/mol. The van der Waals surface area contributed by atoms with E-state index in [1.807, 2.05) is 13.8 Å². The van der Waals surface area contributed by atoms with Gasteiger partial charge < -0.3 is 15.6 Å². The lowest BCUT2D eigenvalue weighted by Gasteiger charge is -2.20. The first-order valence-corrected chi connectivity index (χ1v) is 12.0. The van der Waals surface area contributed by atoms with E-state index in [0.717, 1.165) is 12.8 Å². The number of amides is 2. The number of Topliss-reactive ketones (excluding diaryl/α,β-unsaturated/α-hetero) is 1. The average Bonchev–Trinajstić information content (AvgIpc) is 3.41. The minimum atomic E-state index is -0.816. The highest BCUT2D eigenvalue weighted by Gasteiger charge is 2.39. The number of hydrogen-bond acceptors (Lipinski definition) is 4. The molecule has 180 valence electrons. The number of carbonyl (C=O) groups is 3. The number of rotatable bonds is 9. The zero-order chi connectivity index (χ0) is 24.6. The van der Waals surface area contributed by atoms with Crippen LogP contribution in [0.25, 0.3) is 10.9 Å². The number of fused-ring (bicyclic) bond motifs is 1. The molecule has 2 aliphatic rings. The highest BCUT2D eigenvalue weighted by molar-refractivity contribution is 6.35. The Morgan fingerprint density at radius 2 is 2.06 bits per heavy atom. The molecule has 4 rings (SSSR count). The van der Waals surface area contributed by atoms with Crippen molar-refractivity contribution in [1.82, 2.24) is 15.6 Å². The second-order valence-corrected chi connectivity index (χ2v) is 10.6. The van der Waals surface area contributed by atoms with Crippen molar-refractivity contribution in [2.75, 3.05) is 0 Å². The quantitative estimate of drug-likeness (QED) is 0.459. The van der Waals surface area contributed by atoms with Gasteiger partial charge in [-0.3, -0.25) is 14.4 Å². The molecule has 9 heteroatoms. The standard InChI is InChI=1S/C25H28ClFN4O3/c1-25(2)11-16(24(34)31-25)8-17(12-28)29-23(33)15(7-13-3-4-13)10-20(32)19-9-14-5-6-18(27)21(26)22(14)30-19/h5-6,9,13,15-17,30H,3-4,7-8,10-11H2,1-2H3,(H,29,33)(H,31,34)/t15-,16-,17+/m1/s1. The molecule has 1 aromatic heterocycles. The molecule has 1 aromatic carbocycles. The van der Waals surface area contributed by atoms with Crippen molar-refractivity contribution in [1.29, 1.82) is 5.26 Å². The SMILES string of the molecule is CC1(C)C[C@@H](C[C@@H](C#N)NC(=O)[C@@H](CC(=O)c2cc3ccc(F)c(Cl)c3[nH]2)CC2CC2)C(=O)N1. The molecule has 34 heavy (non-hydrogen) atoms. The van der Waals surface area contributed by atoms with E-state index in [4.69, 9.17) is 11.6 Å². The van der Waals surface area contributed by atoms with Crippen LogP contribution in [0.5, 0.6) is 0 Å². The summed E-state index contributed by atoms with van der Waals surface area (Å²) in [6, 6.07) is 5.66. The minimum absolute atomic E-state index is 0.0374. The minimum Gasteiger partial charge on any atom is -0.351 e. The molecule has 1 aliphatic heterocycles. The van der Waals surface area contributed by atoms with Crippen LogP contribution < -0.4 is 10.6 Å². The van der Waals surface area contributed by atoms with Gasteiger partial charge in [-0.2, -0.15) is 5.26 Å². The molecular formula is C25H28ClFN4O3. The van der Waals surface area contributed by atoms with E-state index in [2.05, 4.69) is 21.7 Å². The van der Waals surface area contributed by atoms with Crippen molar-refractivity contribution < 1.29 is 18.8 Å². The Balaban J connectivity index is 1.44. The number of aromatic nitrogens is 1. The van der Waals surface area contributed by atoms with Crippen molar-refractivity contribution in [3.05, 3.63) is 34.7 Å². The molecule has 7 nitrogen and oxygen atoms in total. The lowest BCUT2D eigenvalue weighted by molar-refractivity contribution is -0.127. The summed E-state index contributed by atoms with van der Waals surface area (Å²) in [4.78, 5) is 41.2. The van der Waals surface area contributed by atoms with E-state index >= 15 is 0 Å². The van der Waals surface area contributed by atoms with Gasteiger partial charge in [-0.05, 0) is 57.2 Å². The third-order valence-corrected chi connectivity index (χ3v) is 7.06. The largest absolute Gasteiger partial charge is 0.351 e.